The molecule has 2 rings (SSSR count). The second kappa shape index (κ2) is 4.83. The average Bonchev–Trinajstić information content (AvgIpc) is 2.63. The molecular weight excluding hydrogens is 250 g/mol. The molecule has 0 saturated carbocycles. The highest BCUT2D eigenvalue weighted by Gasteiger charge is 2.04. The predicted octanol–water partition coefficient (Wildman–Crippen LogP) is 3.07. The molecule has 0 aromatic carbocycles. The summed E-state index contributed by atoms with van der Waals surface area (Å²) in [5, 5.41) is 0.766. The lowest BCUT2D eigenvalue weighted by molar-refractivity contribution is 1.07. The van der Waals surface area contributed by atoms with E-state index in [4.69, 9.17) is 17.3 Å². The SMILES string of the molecule is Nc1nccnc1SCc1ccc(Cl)s1. The fourth-order valence-electron chi connectivity index (χ4n) is 1.02. The summed E-state index contributed by atoms with van der Waals surface area (Å²) in [4.78, 5) is 9.32. The summed E-state index contributed by atoms with van der Waals surface area (Å²) in [7, 11) is 0. The van der Waals surface area contributed by atoms with Crippen molar-refractivity contribution in [3.05, 3.63) is 33.7 Å². The number of nitrogen functional groups attached to an aromatic ring is 1. The van der Waals surface area contributed by atoms with Crippen LogP contribution in [0.1, 0.15) is 4.88 Å². The van der Waals surface area contributed by atoms with Crippen molar-refractivity contribution in [1.82, 2.24) is 9.97 Å². The Morgan fingerprint density at radius 1 is 1.33 bits per heavy atom. The third kappa shape index (κ3) is 2.84. The summed E-state index contributed by atoms with van der Waals surface area (Å²) in [5.74, 6) is 1.30. The fraction of sp³-hybridized carbons (Fsp3) is 0.111. The topological polar surface area (TPSA) is 51.8 Å². The minimum absolute atomic E-state index is 0.477. The van der Waals surface area contributed by atoms with Crippen molar-refractivity contribution in [1.29, 1.82) is 0 Å². The molecule has 0 bridgehead atoms. The molecule has 0 saturated heterocycles. The second-order valence-corrected chi connectivity index (χ2v) is 5.50. The van der Waals surface area contributed by atoms with Crippen LogP contribution in [0, 0.1) is 0 Å². The van der Waals surface area contributed by atoms with Crippen molar-refractivity contribution < 1.29 is 0 Å². The van der Waals surface area contributed by atoms with Gasteiger partial charge in [-0.3, -0.25) is 0 Å². The van der Waals surface area contributed by atoms with Crippen molar-refractivity contribution in [2.75, 3.05) is 5.73 Å². The molecule has 0 radical (unpaired) electrons. The van der Waals surface area contributed by atoms with E-state index in [0.717, 1.165) is 15.1 Å². The standard InChI is InChI=1S/C9H8ClN3S2/c10-7-2-1-6(15-7)5-14-9-8(11)12-3-4-13-9/h1-4H,5H2,(H2,11,12). The first-order valence-corrected chi connectivity index (χ1v) is 6.37. The normalized spacial score (nSPS) is 10.5. The van der Waals surface area contributed by atoms with Crippen LogP contribution in [0.4, 0.5) is 5.82 Å². The number of hydrogen-bond acceptors (Lipinski definition) is 5. The van der Waals surface area contributed by atoms with Crippen molar-refractivity contribution in [2.45, 2.75) is 10.8 Å². The number of aromatic nitrogens is 2. The van der Waals surface area contributed by atoms with Gasteiger partial charge < -0.3 is 5.73 Å². The smallest absolute Gasteiger partial charge is 0.156 e. The van der Waals surface area contributed by atoms with Crippen LogP contribution in [0.15, 0.2) is 29.6 Å². The summed E-state index contributed by atoms with van der Waals surface area (Å²) < 4.78 is 0.803. The highest BCUT2D eigenvalue weighted by Crippen LogP contribution is 2.29. The molecule has 0 aliphatic carbocycles. The molecule has 0 aliphatic heterocycles. The Kier molecular flexibility index (Phi) is 3.45. The number of anilines is 1. The van der Waals surface area contributed by atoms with Crippen molar-refractivity contribution in [3.8, 4) is 0 Å². The Morgan fingerprint density at radius 3 is 2.80 bits per heavy atom. The number of thioether (sulfide) groups is 1. The molecular formula is C9H8ClN3S2. The van der Waals surface area contributed by atoms with Crippen LogP contribution in [0.2, 0.25) is 4.34 Å². The predicted molar refractivity (Wildman–Crippen MR) is 65.3 cm³/mol. The van der Waals surface area contributed by atoms with E-state index in [1.165, 1.54) is 4.88 Å². The molecule has 2 heterocycles. The van der Waals surface area contributed by atoms with Gasteiger partial charge in [0.25, 0.3) is 0 Å². The summed E-state index contributed by atoms with van der Waals surface area (Å²) in [6.07, 6.45) is 3.22. The van der Waals surface area contributed by atoms with Crippen molar-refractivity contribution >= 4 is 40.5 Å². The average molecular weight is 258 g/mol. The lowest BCUT2D eigenvalue weighted by Gasteiger charge is -2.00. The van der Waals surface area contributed by atoms with Crippen molar-refractivity contribution in [2.24, 2.45) is 0 Å². The maximum Gasteiger partial charge on any atom is 0.156 e. The quantitative estimate of drug-likeness (QED) is 0.859. The van der Waals surface area contributed by atoms with E-state index in [2.05, 4.69) is 9.97 Å². The van der Waals surface area contributed by atoms with Gasteiger partial charge in [-0.2, -0.15) is 0 Å². The minimum Gasteiger partial charge on any atom is -0.381 e. The Morgan fingerprint density at radius 2 is 2.13 bits per heavy atom. The van der Waals surface area contributed by atoms with Gasteiger partial charge in [-0.15, -0.1) is 11.3 Å². The number of hydrogen-bond donors (Lipinski definition) is 1. The first-order valence-electron chi connectivity index (χ1n) is 4.19. The molecule has 2 aromatic heterocycles. The highest BCUT2D eigenvalue weighted by molar-refractivity contribution is 7.98. The number of nitrogens with zero attached hydrogens (tertiary/aromatic N) is 2. The van der Waals surface area contributed by atoms with Crippen molar-refractivity contribution in [3.63, 3.8) is 0 Å². The molecule has 2 N–H and O–H groups in total. The van der Waals surface area contributed by atoms with E-state index >= 15 is 0 Å². The molecule has 0 fully saturated rings. The summed E-state index contributed by atoms with van der Waals surface area (Å²) in [6, 6.07) is 3.90. The Bertz CT molecular complexity index is 458. The zero-order valence-corrected chi connectivity index (χ0v) is 10.1. The van der Waals surface area contributed by atoms with Crippen LogP contribution < -0.4 is 5.73 Å². The number of halogens is 1. The lowest BCUT2D eigenvalue weighted by Crippen LogP contribution is -1.94. The third-order valence-corrected chi connectivity index (χ3v) is 4.13. The third-order valence-electron chi connectivity index (χ3n) is 1.67. The molecule has 0 aliphatic rings. The molecule has 6 heteroatoms. The second-order valence-electron chi connectivity index (χ2n) is 2.74. The van der Waals surface area contributed by atoms with Crippen LogP contribution in [-0.2, 0) is 5.75 Å². The van der Waals surface area contributed by atoms with Gasteiger partial charge in [0.15, 0.2) is 5.82 Å². The van der Waals surface area contributed by atoms with Gasteiger partial charge in [-0.05, 0) is 12.1 Å². The zero-order chi connectivity index (χ0) is 10.7. The molecule has 15 heavy (non-hydrogen) atoms. The number of thiophene rings is 1. The van der Waals surface area contributed by atoms with E-state index in [1.54, 1.807) is 35.5 Å². The van der Waals surface area contributed by atoms with Gasteiger partial charge in [0.1, 0.15) is 5.03 Å². The van der Waals surface area contributed by atoms with E-state index in [-0.39, 0.29) is 0 Å². The van der Waals surface area contributed by atoms with Crippen LogP contribution in [0.5, 0.6) is 0 Å². The van der Waals surface area contributed by atoms with Crippen LogP contribution in [0.3, 0.4) is 0 Å². The summed E-state index contributed by atoms with van der Waals surface area (Å²) >= 11 is 8.97. The molecule has 3 nitrogen and oxygen atoms in total. The van der Waals surface area contributed by atoms with E-state index in [9.17, 15) is 0 Å². The molecule has 0 amide bonds. The van der Waals surface area contributed by atoms with E-state index in [1.807, 2.05) is 12.1 Å². The first kappa shape index (κ1) is 10.7. The van der Waals surface area contributed by atoms with Crippen LogP contribution >= 0.6 is 34.7 Å². The van der Waals surface area contributed by atoms with Crippen LogP contribution in [-0.4, -0.2) is 9.97 Å². The van der Waals surface area contributed by atoms with Gasteiger partial charge in [0.05, 0.1) is 4.34 Å². The minimum atomic E-state index is 0.477. The van der Waals surface area contributed by atoms with E-state index in [0.29, 0.717) is 5.82 Å². The molecule has 0 atom stereocenters. The monoisotopic (exact) mass is 257 g/mol. The molecule has 0 spiro atoms. The Labute approximate surface area is 101 Å². The fourth-order valence-corrected chi connectivity index (χ4v) is 3.02. The molecule has 2 aromatic rings. The number of rotatable bonds is 3. The maximum absolute atomic E-state index is 5.83. The van der Waals surface area contributed by atoms with Gasteiger partial charge >= 0.3 is 0 Å². The summed E-state index contributed by atoms with van der Waals surface area (Å²) in [6.45, 7) is 0. The largest absolute Gasteiger partial charge is 0.381 e. The molecule has 0 unspecified atom stereocenters. The number of nitrogens with two attached hydrogens (primary N) is 1. The van der Waals surface area contributed by atoms with Gasteiger partial charge in [0.2, 0.25) is 0 Å². The molecule has 78 valence electrons. The Hall–Kier alpha value is -0.780. The zero-order valence-electron chi connectivity index (χ0n) is 7.68. The van der Waals surface area contributed by atoms with E-state index < -0.39 is 0 Å². The van der Waals surface area contributed by atoms with Crippen LogP contribution in [0.25, 0.3) is 0 Å². The van der Waals surface area contributed by atoms with Gasteiger partial charge in [-0.25, -0.2) is 9.97 Å². The Balaban J connectivity index is 2.02. The highest BCUT2D eigenvalue weighted by atomic mass is 35.5. The maximum atomic E-state index is 5.83. The lowest BCUT2D eigenvalue weighted by atomic mass is 10.5. The van der Waals surface area contributed by atoms with Gasteiger partial charge in [-0.1, -0.05) is 23.4 Å². The summed E-state index contributed by atoms with van der Waals surface area (Å²) in [5.41, 5.74) is 5.67. The van der Waals surface area contributed by atoms with Gasteiger partial charge in [0, 0.05) is 23.0 Å². The first-order chi connectivity index (χ1) is 7.25.